The summed E-state index contributed by atoms with van der Waals surface area (Å²) in [5.41, 5.74) is 2.80. The van der Waals surface area contributed by atoms with Crippen LogP contribution >= 0.6 is 0 Å². The summed E-state index contributed by atoms with van der Waals surface area (Å²) in [5.74, 6) is 0.589. The summed E-state index contributed by atoms with van der Waals surface area (Å²) in [6.45, 7) is 8.50. The first-order valence-corrected chi connectivity index (χ1v) is 4.64. The maximum absolute atomic E-state index is 5.57. The minimum Gasteiger partial charge on any atom is -0.0859 e. The third-order valence-electron chi connectivity index (χ3n) is 2.26. The first-order chi connectivity index (χ1) is 5.65. The fourth-order valence-electron chi connectivity index (χ4n) is 1.15. The van der Waals surface area contributed by atoms with E-state index in [1.54, 1.807) is 0 Å². The van der Waals surface area contributed by atoms with Gasteiger partial charge in [0.25, 0.3) is 0 Å². The van der Waals surface area contributed by atoms with Crippen LogP contribution in [0.2, 0.25) is 6.32 Å². The van der Waals surface area contributed by atoms with Gasteiger partial charge in [-0.1, -0.05) is 31.0 Å². The van der Waals surface area contributed by atoms with Crippen LogP contribution in [0.15, 0.2) is 23.3 Å². The van der Waals surface area contributed by atoms with Gasteiger partial charge in [0.15, 0.2) is 0 Å². The van der Waals surface area contributed by atoms with Crippen molar-refractivity contribution in [3.8, 4) is 0 Å². The van der Waals surface area contributed by atoms with E-state index in [-0.39, 0.29) is 0 Å². The SMILES string of the molecule is [B]CC(C)CC(=C/C)/C(C)=C\C. The van der Waals surface area contributed by atoms with Gasteiger partial charge in [-0.2, -0.15) is 0 Å². The highest BCUT2D eigenvalue weighted by atomic mass is 14.1. The van der Waals surface area contributed by atoms with Gasteiger partial charge in [0.2, 0.25) is 0 Å². The molecule has 0 aromatic carbocycles. The molecule has 0 fully saturated rings. The normalized spacial score (nSPS) is 16.3. The lowest BCUT2D eigenvalue weighted by Crippen LogP contribution is -1.97. The van der Waals surface area contributed by atoms with E-state index >= 15 is 0 Å². The number of hydrogen-bond donors (Lipinski definition) is 0. The van der Waals surface area contributed by atoms with Gasteiger partial charge in [-0.3, -0.25) is 0 Å². The predicted molar refractivity (Wildman–Crippen MR) is 57.5 cm³/mol. The Morgan fingerprint density at radius 3 is 2.25 bits per heavy atom. The number of hydrogen-bond acceptors (Lipinski definition) is 0. The van der Waals surface area contributed by atoms with E-state index in [0.717, 1.165) is 12.7 Å². The topological polar surface area (TPSA) is 0 Å². The minimum absolute atomic E-state index is 0.589. The van der Waals surface area contributed by atoms with E-state index in [9.17, 15) is 0 Å². The van der Waals surface area contributed by atoms with Crippen molar-refractivity contribution in [1.29, 1.82) is 0 Å². The summed E-state index contributed by atoms with van der Waals surface area (Å²) >= 11 is 0. The van der Waals surface area contributed by atoms with E-state index in [1.807, 2.05) is 0 Å². The second-order valence-electron chi connectivity index (χ2n) is 3.33. The molecule has 1 atom stereocenters. The van der Waals surface area contributed by atoms with Crippen LogP contribution in [0.5, 0.6) is 0 Å². The van der Waals surface area contributed by atoms with Crippen LogP contribution in [0.3, 0.4) is 0 Å². The molecule has 0 nitrogen and oxygen atoms in total. The summed E-state index contributed by atoms with van der Waals surface area (Å²) in [7, 11) is 5.57. The highest BCUT2D eigenvalue weighted by Crippen LogP contribution is 2.20. The van der Waals surface area contributed by atoms with E-state index in [2.05, 4.69) is 39.8 Å². The molecule has 0 rings (SSSR count). The smallest absolute Gasteiger partial charge is 0.0656 e. The lowest BCUT2D eigenvalue weighted by atomic mass is 9.86. The Morgan fingerprint density at radius 2 is 1.92 bits per heavy atom. The van der Waals surface area contributed by atoms with Gasteiger partial charge in [0.05, 0.1) is 7.85 Å². The van der Waals surface area contributed by atoms with Gasteiger partial charge in [0, 0.05) is 0 Å². The Bertz CT molecular complexity index is 177. The molecule has 2 radical (unpaired) electrons. The molecule has 0 saturated heterocycles. The average molecular weight is 162 g/mol. The van der Waals surface area contributed by atoms with Gasteiger partial charge >= 0.3 is 0 Å². The molecule has 0 aliphatic carbocycles. The van der Waals surface area contributed by atoms with Crippen molar-refractivity contribution in [3.63, 3.8) is 0 Å². The van der Waals surface area contributed by atoms with Crippen LogP contribution in [0.4, 0.5) is 0 Å². The zero-order valence-corrected chi connectivity index (χ0v) is 8.72. The third-order valence-corrected chi connectivity index (χ3v) is 2.26. The fourth-order valence-corrected chi connectivity index (χ4v) is 1.15. The molecule has 0 aromatic heterocycles. The lowest BCUT2D eigenvalue weighted by molar-refractivity contribution is 0.644. The van der Waals surface area contributed by atoms with Crippen molar-refractivity contribution in [2.75, 3.05) is 0 Å². The predicted octanol–water partition coefficient (Wildman–Crippen LogP) is 3.51. The summed E-state index contributed by atoms with van der Waals surface area (Å²) in [6, 6.07) is 0. The van der Waals surface area contributed by atoms with Crippen LogP contribution in [0.1, 0.15) is 34.1 Å². The second-order valence-corrected chi connectivity index (χ2v) is 3.33. The van der Waals surface area contributed by atoms with Crippen molar-refractivity contribution in [1.82, 2.24) is 0 Å². The van der Waals surface area contributed by atoms with Gasteiger partial charge in [-0.15, -0.1) is 0 Å². The standard InChI is InChI=1S/C11H19B/c1-5-10(4)11(6-2)7-9(3)8-12/h5-6,9H,7-8H2,1-4H3/b10-5-,11-6-. The molecule has 1 heteroatoms. The summed E-state index contributed by atoms with van der Waals surface area (Å²) in [5, 5.41) is 0. The highest BCUT2D eigenvalue weighted by molar-refractivity contribution is 6.08. The molecule has 0 N–H and O–H groups in total. The zero-order chi connectivity index (χ0) is 9.56. The van der Waals surface area contributed by atoms with Crippen LogP contribution in [-0.2, 0) is 0 Å². The van der Waals surface area contributed by atoms with E-state index in [4.69, 9.17) is 7.85 Å². The zero-order valence-electron chi connectivity index (χ0n) is 8.72. The average Bonchev–Trinajstić information content (AvgIpc) is 2.12. The molecule has 0 spiro atoms. The van der Waals surface area contributed by atoms with Crippen LogP contribution in [0, 0.1) is 5.92 Å². The van der Waals surface area contributed by atoms with Crippen molar-refractivity contribution >= 4 is 7.85 Å². The Morgan fingerprint density at radius 1 is 1.33 bits per heavy atom. The van der Waals surface area contributed by atoms with Crippen LogP contribution in [0.25, 0.3) is 0 Å². The molecule has 66 valence electrons. The lowest BCUT2D eigenvalue weighted by Gasteiger charge is -2.12. The van der Waals surface area contributed by atoms with Gasteiger partial charge in [0.1, 0.15) is 0 Å². The van der Waals surface area contributed by atoms with Gasteiger partial charge in [-0.05, 0) is 38.7 Å². The monoisotopic (exact) mass is 162 g/mol. The van der Waals surface area contributed by atoms with E-state index < -0.39 is 0 Å². The maximum Gasteiger partial charge on any atom is 0.0656 e. The molecule has 0 bridgehead atoms. The van der Waals surface area contributed by atoms with E-state index in [0.29, 0.717) is 5.92 Å². The molecule has 0 aliphatic heterocycles. The molecule has 0 aromatic rings. The summed E-state index contributed by atoms with van der Waals surface area (Å²) < 4.78 is 0. The quantitative estimate of drug-likeness (QED) is 0.438. The molecule has 0 heterocycles. The van der Waals surface area contributed by atoms with Crippen molar-refractivity contribution < 1.29 is 0 Å². The highest BCUT2D eigenvalue weighted by Gasteiger charge is 2.03. The first-order valence-electron chi connectivity index (χ1n) is 4.64. The number of rotatable bonds is 4. The Kier molecular flexibility index (Phi) is 5.87. The molecule has 0 saturated carbocycles. The van der Waals surface area contributed by atoms with Gasteiger partial charge in [-0.25, -0.2) is 0 Å². The van der Waals surface area contributed by atoms with Gasteiger partial charge < -0.3 is 0 Å². The molecule has 0 aliphatic rings. The van der Waals surface area contributed by atoms with Crippen molar-refractivity contribution in [2.24, 2.45) is 5.92 Å². The Balaban J connectivity index is 4.21. The Labute approximate surface area is 78.2 Å². The van der Waals surface area contributed by atoms with Crippen molar-refractivity contribution in [2.45, 2.75) is 40.4 Å². The molecule has 0 amide bonds. The van der Waals surface area contributed by atoms with Crippen LogP contribution in [-0.4, -0.2) is 7.85 Å². The maximum atomic E-state index is 5.57. The fraction of sp³-hybridized carbons (Fsp3) is 0.636. The molecular weight excluding hydrogens is 143 g/mol. The third kappa shape index (κ3) is 3.80. The minimum atomic E-state index is 0.589. The Hall–Kier alpha value is -0.455. The number of allylic oxidation sites excluding steroid dienone is 4. The summed E-state index contributed by atoms with van der Waals surface area (Å²) in [6.07, 6.45) is 6.21. The molecular formula is C11H19B. The summed E-state index contributed by atoms with van der Waals surface area (Å²) in [4.78, 5) is 0. The largest absolute Gasteiger partial charge is 0.0859 e. The molecule has 12 heavy (non-hydrogen) atoms. The first kappa shape index (κ1) is 11.5. The second kappa shape index (κ2) is 6.10. The molecule has 1 unspecified atom stereocenters. The van der Waals surface area contributed by atoms with Crippen LogP contribution < -0.4 is 0 Å². The van der Waals surface area contributed by atoms with Crippen molar-refractivity contribution in [3.05, 3.63) is 23.3 Å². The van der Waals surface area contributed by atoms with E-state index in [1.165, 1.54) is 11.1 Å².